The van der Waals surface area contributed by atoms with Crippen LogP contribution in [0.15, 0.2) is 23.5 Å². The van der Waals surface area contributed by atoms with Gasteiger partial charge in [0.1, 0.15) is 0 Å². The molecule has 0 aromatic heterocycles. The molecule has 0 amide bonds. The number of nitrogens with zero attached hydrogens (tertiary/aromatic N) is 2. The summed E-state index contributed by atoms with van der Waals surface area (Å²) in [6.07, 6.45) is 13.3. The third kappa shape index (κ3) is 3.32. The summed E-state index contributed by atoms with van der Waals surface area (Å²) in [4.78, 5) is 0. The number of methoxy groups -OCH3 is 2. The third-order valence-corrected chi connectivity index (χ3v) is 11.0. The minimum absolute atomic E-state index is 0.585. The molecule has 2 atom stereocenters. The van der Waals surface area contributed by atoms with Gasteiger partial charge in [0.05, 0.1) is 0 Å². The van der Waals surface area contributed by atoms with Gasteiger partial charge in [-0.15, -0.1) is 0 Å². The molecule has 0 saturated carbocycles. The molecule has 3 rings (SSSR count). The zero-order valence-corrected chi connectivity index (χ0v) is 16.0. The van der Waals surface area contributed by atoms with E-state index in [1.54, 1.807) is 5.31 Å². The standard InChI is InChI=1S/C17H32BN2O2P/c1-21-13-15-7-5-11-19(15)23(18,17-9-3-4-10-17)20-12-6-8-16(20)14-22-2/h3-4,9,15-16,23H,5-8,10-14,18H2,1-2H3/t15-,16-/m0/s1. The van der Waals surface area contributed by atoms with E-state index in [9.17, 15) is 0 Å². The van der Waals surface area contributed by atoms with Gasteiger partial charge in [0, 0.05) is 0 Å². The van der Waals surface area contributed by atoms with Crippen LogP contribution >= 0.6 is 7.44 Å². The third-order valence-electron chi connectivity index (χ3n) is 5.97. The normalized spacial score (nSPS) is 30.3. The van der Waals surface area contributed by atoms with E-state index in [0.717, 1.165) is 19.6 Å². The number of ether oxygens (including phenoxy) is 2. The first kappa shape index (κ1) is 17.6. The van der Waals surface area contributed by atoms with Crippen LogP contribution in [-0.4, -0.2) is 69.5 Å². The molecule has 0 N–H and O–H groups in total. The minimum atomic E-state index is -1.85. The monoisotopic (exact) mass is 338 g/mol. The van der Waals surface area contributed by atoms with Crippen molar-refractivity contribution in [1.82, 2.24) is 9.34 Å². The van der Waals surface area contributed by atoms with E-state index in [1.807, 2.05) is 14.2 Å². The topological polar surface area (TPSA) is 24.9 Å². The fourth-order valence-electron chi connectivity index (χ4n) is 4.88. The predicted molar refractivity (Wildman–Crippen MR) is 102 cm³/mol. The SMILES string of the molecule is B[PH](C1=CC=CC1)(N1CCC[C@H]1COC)N1CCC[C@H]1COC. The molecule has 6 heteroatoms. The van der Waals surface area contributed by atoms with Gasteiger partial charge in [0.2, 0.25) is 0 Å². The molecule has 0 unspecified atom stereocenters. The Morgan fingerprint density at radius 1 is 1.09 bits per heavy atom. The molecule has 0 radical (unpaired) electrons. The second kappa shape index (κ2) is 7.80. The predicted octanol–water partition coefficient (Wildman–Crippen LogP) is 2.18. The maximum absolute atomic E-state index is 5.55. The van der Waals surface area contributed by atoms with E-state index in [4.69, 9.17) is 9.47 Å². The van der Waals surface area contributed by atoms with Crippen LogP contribution in [0.4, 0.5) is 0 Å². The van der Waals surface area contributed by atoms with Crippen molar-refractivity contribution in [3.05, 3.63) is 23.5 Å². The van der Waals surface area contributed by atoms with Crippen molar-refractivity contribution in [3.8, 4) is 0 Å². The van der Waals surface area contributed by atoms with Crippen molar-refractivity contribution in [2.24, 2.45) is 0 Å². The van der Waals surface area contributed by atoms with Crippen molar-refractivity contribution in [2.45, 2.75) is 44.2 Å². The molecule has 130 valence electrons. The van der Waals surface area contributed by atoms with Crippen LogP contribution in [0.1, 0.15) is 32.1 Å². The van der Waals surface area contributed by atoms with Crippen molar-refractivity contribution in [3.63, 3.8) is 0 Å². The van der Waals surface area contributed by atoms with Crippen LogP contribution in [0.5, 0.6) is 0 Å². The van der Waals surface area contributed by atoms with Crippen LogP contribution in [0.25, 0.3) is 0 Å². The number of hydrogen-bond acceptors (Lipinski definition) is 4. The zero-order valence-electron chi connectivity index (χ0n) is 15.0. The average Bonchev–Trinajstić information content (AvgIpc) is 3.29. The maximum atomic E-state index is 5.55. The van der Waals surface area contributed by atoms with Crippen LogP contribution in [-0.2, 0) is 9.47 Å². The molecule has 2 heterocycles. The molecule has 3 aliphatic rings. The first-order valence-corrected chi connectivity index (χ1v) is 11.5. The molecule has 2 saturated heterocycles. The Labute approximate surface area is 142 Å². The fraction of sp³-hybridized carbons (Fsp3) is 0.765. The molecule has 0 aromatic carbocycles. The Bertz CT molecular complexity index is 448. The summed E-state index contributed by atoms with van der Waals surface area (Å²) in [5, 5.41) is 1.67. The first-order chi connectivity index (χ1) is 11.2. The molecule has 1 aliphatic carbocycles. The average molecular weight is 338 g/mol. The second-order valence-corrected chi connectivity index (χ2v) is 11.1. The van der Waals surface area contributed by atoms with Gasteiger partial charge in [-0.3, -0.25) is 0 Å². The Morgan fingerprint density at radius 2 is 1.65 bits per heavy atom. The van der Waals surface area contributed by atoms with Gasteiger partial charge >= 0.3 is 142 Å². The summed E-state index contributed by atoms with van der Waals surface area (Å²) in [6, 6.07) is 1.17. The van der Waals surface area contributed by atoms with E-state index in [1.165, 1.54) is 38.8 Å². The van der Waals surface area contributed by atoms with Gasteiger partial charge in [-0.25, -0.2) is 0 Å². The number of allylic oxidation sites excluding steroid dienone is 4. The Morgan fingerprint density at radius 3 is 2.09 bits per heavy atom. The summed E-state index contributed by atoms with van der Waals surface area (Å²) in [5.74, 6) is 0. The van der Waals surface area contributed by atoms with Crippen LogP contribution in [0.2, 0.25) is 0 Å². The summed E-state index contributed by atoms with van der Waals surface area (Å²) in [5.41, 5.74) is 0. The molecule has 0 aromatic rings. The molecule has 0 bridgehead atoms. The summed E-state index contributed by atoms with van der Waals surface area (Å²) < 4.78 is 16.8. The second-order valence-electron chi connectivity index (χ2n) is 7.23. The molecular formula is C17H32BN2O2P. The van der Waals surface area contributed by atoms with Crippen LogP contribution < -0.4 is 0 Å². The molecular weight excluding hydrogens is 306 g/mol. The van der Waals surface area contributed by atoms with Gasteiger partial charge in [0.25, 0.3) is 0 Å². The van der Waals surface area contributed by atoms with E-state index in [2.05, 4.69) is 35.1 Å². The molecule has 0 spiro atoms. The Kier molecular flexibility index (Phi) is 5.98. The van der Waals surface area contributed by atoms with Crippen LogP contribution in [0.3, 0.4) is 0 Å². The summed E-state index contributed by atoms with van der Waals surface area (Å²) in [7, 11) is 4.42. The molecule has 2 fully saturated rings. The van der Waals surface area contributed by atoms with Crippen LogP contribution in [0, 0.1) is 0 Å². The fourth-order valence-corrected chi connectivity index (χ4v) is 9.88. The summed E-state index contributed by atoms with van der Waals surface area (Å²) >= 11 is 0. The summed E-state index contributed by atoms with van der Waals surface area (Å²) in [6.45, 7) is 4.19. The van der Waals surface area contributed by atoms with Gasteiger partial charge in [-0.1, -0.05) is 0 Å². The van der Waals surface area contributed by atoms with E-state index < -0.39 is 7.44 Å². The number of hydrogen-bond donors (Lipinski definition) is 0. The van der Waals surface area contributed by atoms with Gasteiger partial charge in [-0.2, -0.15) is 0 Å². The molecule has 23 heavy (non-hydrogen) atoms. The van der Waals surface area contributed by atoms with E-state index in [0.29, 0.717) is 12.1 Å². The van der Waals surface area contributed by atoms with Crippen molar-refractivity contribution >= 4 is 15.0 Å². The molecule has 4 nitrogen and oxygen atoms in total. The Balaban J connectivity index is 1.91. The quantitative estimate of drug-likeness (QED) is 0.525. The Hall–Kier alpha value is -0.185. The van der Waals surface area contributed by atoms with Gasteiger partial charge in [0.15, 0.2) is 0 Å². The zero-order chi connectivity index (χ0) is 16.3. The van der Waals surface area contributed by atoms with Gasteiger partial charge < -0.3 is 0 Å². The van der Waals surface area contributed by atoms with Gasteiger partial charge in [-0.05, 0) is 0 Å². The van der Waals surface area contributed by atoms with E-state index >= 15 is 0 Å². The van der Waals surface area contributed by atoms with Crippen molar-refractivity contribution in [2.75, 3.05) is 40.5 Å². The van der Waals surface area contributed by atoms with E-state index in [-0.39, 0.29) is 0 Å². The van der Waals surface area contributed by atoms with Crippen molar-refractivity contribution < 1.29 is 9.47 Å². The molecule has 2 aliphatic heterocycles. The number of rotatable bonds is 7. The first-order valence-electron chi connectivity index (χ1n) is 9.09. The van der Waals surface area contributed by atoms with Crippen molar-refractivity contribution in [1.29, 1.82) is 0 Å².